The third-order valence-corrected chi connectivity index (χ3v) is 5.43. The molecule has 1 atom stereocenters. The van der Waals surface area contributed by atoms with Crippen LogP contribution in [0.5, 0.6) is 5.75 Å². The van der Waals surface area contributed by atoms with Gasteiger partial charge in [0, 0.05) is 31.3 Å². The Hall–Kier alpha value is -2.71. The second kappa shape index (κ2) is 8.53. The minimum atomic E-state index is -0.173. The summed E-state index contributed by atoms with van der Waals surface area (Å²) in [5, 5.41) is 5.27. The van der Waals surface area contributed by atoms with Gasteiger partial charge in [0.15, 0.2) is 0 Å². The van der Waals surface area contributed by atoms with E-state index in [1.807, 2.05) is 23.6 Å². The molecule has 28 heavy (non-hydrogen) atoms. The highest BCUT2D eigenvalue weighted by molar-refractivity contribution is 7.16. The van der Waals surface area contributed by atoms with E-state index >= 15 is 0 Å². The first-order chi connectivity index (χ1) is 13.7. The summed E-state index contributed by atoms with van der Waals surface area (Å²) in [6, 6.07) is 9.04. The second-order valence-corrected chi connectivity index (χ2v) is 7.55. The Morgan fingerprint density at radius 3 is 3.18 bits per heavy atom. The maximum Gasteiger partial charge on any atom is 0.262 e. The van der Waals surface area contributed by atoms with Gasteiger partial charge in [0.1, 0.15) is 17.2 Å². The Morgan fingerprint density at radius 2 is 2.32 bits per heavy atom. The van der Waals surface area contributed by atoms with E-state index in [-0.39, 0.29) is 30.5 Å². The summed E-state index contributed by atoms with van der Waals surface area (Å²) in [6.07, 6.45) is 3.90. The van der Waals surface area contributed by atoms with Gasteiger partial charge in [-0.3, -0.25) is 14.2 Å². The van der Waals surface area contributed by atoms with Crippen LogP contribution in [0.25, 0.3) is 10.2 Å². The molecule has 1 amide bonds. The Morgan fingerprint density at radius 1 is 1.39 bits per heavy atom. The fourth-order valence-electron chi connectivity index (χ4n) is 3.13. The van der Waals surface area contributed by atoms with Crippen molar-refractivity contribution >= 4 is 33.1 Å². The van der Waals surface area contributed by atoms with Gasteiger partial charge in [-0.25, -0.2) is 4.98 Å². The Kier molecular flexibility index (Phi) is 5.68. The largest absolute Gasteiger partial charge is 0.491 e. The zero-order valence-electron chi connectivity index (χ0n) is 15.3. The Balaban J connectivity index is 1.32. The van der Waals surface area contributed by atoms with Crippen LogP contribution in [-0.4, -0.2) is 34.8 Å². The average Bonchev–Trinajstić information content (AvgIpc) is 3.38. The van der Waals surface area contributed by atoms with E-state index in [1.165, 1.54) is 22.2 Å². The van der Waals surface area contributed by atoms with Crippen LogP contribution < -0.4 is 15.6 Å². The van der Waals surface area contributed by atoms with Crippen LogP contribution in [0.4, 0.5) is 5.69 Å². The van der Waals surface area contributed by atoms with Gasteiger partial charge in [0.05, 0.1) is 17.8 Å². The monoisotopic (exact) mass is 399 g/mol. The Labute approximate surface area is 165 Å². The van der Waals surface area contributed by atoms with Crippen LogP contribution in [-0.2, 0) is 16.1 Å². The molecule has 1 aliphatic heterocycles. The minimum absolute atomic E-state index is 0.122. The van der Waals surface area contributed by atoms with Gasteiger partial charge < -0.3 is 14.8 Å². The number of thiophene rings is 1. The summed E-state index contributed by atoms with van der Waals surface area (Å²) in [5.41, 5.74) is 0.539. The van der Waals surface area contributed by atoms with Gasteiger partial charge in [-0.15, -0.1) is 11.3 Å². The number of hydrogen-bond donors (Lipinski definition) is 1. The number of aromatic nitrogens is 2. The molecule has 146 valence electrons. The molecule has 3 aromatic rings. The third kappa shape index (κ3) is 4.40. The molecule has 1 aliphatic rings. The highest BCUT2D eigenvalue weighted by atomic mass is 32.1. The summed E-state index contributed by atoms with van der Waals surface area (Å²) in [7, 11) is 0. The normalized spacial score (nSPS) is 16.4. The summed E-state index contributed by atoms with van der Waals surface area (Å²) in [5.74, 6) is 0.519. The lowest BCUT2D eigenvalue weighted by molar-refractivity contribution is -0.116. The molecule has 0 bridgehead atoms. The van der Waals surface area contributed by atoms with Gasteiger partial charge in [0.2, 0.25) is 5.91 Å². The van der Waals surface area contributed by atoms with Crippen LogP contribution in [0.3, 0.4) is 0 Å². The average molecular weight is 399 g/mol. The molecule has 8 heteroatoms. The van der Waals surface area contributed by atoms with Crippen molar-refractivity contribution in [2.24, 2.45) is 0 Å². The number of rotatable bonds is 7. The number of amides is 1. The fraction of sp³-hybridized carbons (Fsp3) is 0.350. The van der Waals surface area contributed by atoms with Crippen LogP contribution in [0.2, 0.25) is 0 Å². The van der Waals surface area contributed by atoms with Crippen molar-refractivity contribution < 1.29 is 14.3 Å². The molecule has 0 spiro atoms. The molecule has 7 nitrogen and oxygen atoms in total. The predicted octanol–water partition coefficient (Wildman–Crippen LogP) is 3.04. The van der Waals surface area contributed by atoms with Crippen molar-refractivity contribution in [3.8, 4) is 5.75 Å². The number of aryl methyl sites for hydroxylation is 1. The first kappa shape index (κ1) is 18.6. The van der Waals surface area contributed by atoms with Crippen molar-refractivity contribution in [1.29, 1.82) is 0 Å². The molecule has 1 N–H and O–H groups in total. The van der Waals surface area contributed by atoms with E-state index in [1.54, 1.807) is 12.1 Å². The molecule has 1 fully saturated rings. The van der Waals surface area contributed by atoms with Crippen LogP contribution in [0.15, 0.2) is 46.8 Å². The van der Waals surface area contributed by atoms with E-state index in [9.17, 15) is 9.59 Å². The molecule has 4 rings (SSSR count). The van der Waals surface area contributed by atoms with Crippen LogP contribution in [0.1, 0.15) is 19.3 Å². The van der Waals surface area contributed by atoms with E-state index in [0.29, 0.717) is 28.3 Å². The van der Waals surface area contributed by atoms with Crippen molar-refractivity contribution in [1.82, 2.24) is 9.55 Å². The van der Waals surface area contributed by atoms with E-state index in [2.05, 4.69) is 10.3 Å². The summed E-state index contributed by atoms with van der Waals surface area (Å²) < 4.78 is 12.8. The number of fused-ring (bicyclic) bond motifs is 1. The van der Waals surface area contributed by atoms with Gasteiger partial charge in [0.25, 0.3) is 5.56 Å². The Bertz CT molecular complexity index is 1020. The molecule has 0 saturated carbocycles. The fourth-order valence-corrected chi connectivity index (χ4v) is 3.85. The number of carbonyl (C=O) groups is 1. The first-order valence-corrected chi connectivity index (χ1v) is 10.1. The molecule has 1 aromatic carbocycles. The van der Waals surface area contributed by atoms with Crippen molar-refractivity contribution in [3.05, 3.63) is 52.4 Å². The van der Waals surface area contributed by atoms with Crippen LogP contribution >= 0.6 is 11.3 Å². The smallest absolute Gasteiger partial charge is 0.262 e. The SMILES string of the molecule is O=C(CCn1cnc2sccc2c1=O)Nc1cccc(OCC2CCCO2)c1. The zero-order valence-corrected chi connectivity index (χ0v) is 16.1. The lowest BCUT2D eigenvalue weighted by Gasteiger charge is -2.12. The molecule has 0 aliphatic carbocycles. The molecule has 1 unspecified atom stereocenters. The molecule has 0 radical (unpaired) electrons. The van der Waals surface area contributed by atoms with Gasteiger partial charge >= 0.3 is 0 Å². The quantitative estimate of drug-likeness (QED) is 0.660. The van der Waals surface area contributed by atoms with Gasteiger partial charge in [-0.1, -0.05) is 6.07 Å². The van der Waals surface area contributed by atoms with E-state index < -0.39 is 0 Å². The standard InChI is InChI=1S/C20H21N3O4S/c24-18(6-8-23-13-21-19-17(20(23)25)7-10-28-19)22-14-3-1-4-15(11-14)27-12-16-5-2-9-26-16/h1,3-4,7,10-11,13,16H,2,5-6,8-9,12H2,(H,22,24). The third-order valence-electron chi connectivity index (χ3n) is 4.61. The summed E-state index contributed by atoms with van der Waals surface area (Å²) in [4.78, 5) is 29.6. The maximum absolute atomic E-state index is 12.4. The number of nitrogens with one attached hydrogen (secondary N) is 1. The van der Waals surface area contributed by atoms with Gasteiger partial charge in [-0.2, -0.15) is 0 Å². The number of ether oxygens (including phenoxy) is 2. The molecular formula is C20H21N3O4S. The lowest BCUT2D eigenvalue weighted by Crippen LogP contribution is -2.23. The number of anilines is 1. The number of carbonyl (C=O) groups excluding carboxylic acids is 1. The van der Waals surface area contributed by atoms with E-state index in [4.69, 9.17) is 9.47 Å². The minimum Gasteiger partial charge on any atom is -0.491 e. The van der Waals surface area contributed by atoms with Crippen LogP contribution in [0, 0.1) is 0 Å². The second-order valence-electron chi connectivity index (χ2n) is 6.65. The zero-order chi connectivity index (χ0) is 19.3. The number of benzene rings is 1. The number of hydrogen-bond acceptors (Lipinski definition) is 6. The summed E-state index contributed by atoms with van der Waals surface area (Å²) in [6.45, 7) is 1.58. The van der Waals surface area contributed by atoms with Gasteiger partial charge in [-0.05, 0) is 36.4 Å². The predicted molar refractivity (Wildman–Crippen MR) is 108 cm³/mol. The summed E-state index contributed by atoms with van der Waals surface area (Å²) >= 11 is 1.43. The van der Waals surface area contributed by atoms with Crippen molar-refractivity contribution in [2.75, 3.05) is 18.5 Å². The van der Waals surface area contributed by atoms with Crippen molar-refractivity contribution in [2.45, 2.75) is 31.9 Å². The van der Waals surface area contributed by atoms with E-state index in [0.717, 1.165) is 19.4 Å². The topological polar surface area (TPSA) is 82.5 Å². The maximum atomic E-state index is 12.4. The first-order valence-electron chi connectivity index (χ1n) is 9.26. The number of nitrogens with zero attached hydrogens (tertiary/aromatic N) is 2. The highest BCUT2D eigenvalue weighted by Gasteiger charge is 2.16. The highest BCUT2D eigenvalue weighted by Crippen LogP contribution is 2.20. The molecular weight excluding hydrogens is 378 g/mol. The molecule has 2 aromatic heterocycles. The van der Waals surface area contributed by atoms with Crippen molar-refractivity contribution in [3.63, 3.8) is 0 Å². The lowest BCUT2D eigenvalue weighted by atomic mass is 10.2. The molecule has 1 saturated heterocycles. The molecule has 3 heterocycles.